The van der Waals surface area contributed by atoms with Crippen LogP contribution in [0.4, 0.5) is 32.0 Å². The molecule has 0 aliphatic rings. The fourth-order valence-corrected chi connectivity index (χ4v) is 2.02. The number of rotatable bonds is 7. The summed E-state index contributed by atoms with van der Waals surface area (Å²) in [5.41, 5.74) is 0.502. The molecule has 29 heavy (non-hydrogen) atoms. The highest BCUT2D eigenvalue weighted by Crippen LogP contribution is 2.29. The third-order valence-electron chi connectivity index (χ3n) is 3.10. The summed E-state index contributed by atoms with van der Waals surface area (Å²) in [6, 6.07) is 2.92. The molecule has 1 heterocycles. The number of aryl methyl sites for hydroxylation is 1. The van der Waals surface area contributed by atoms with E-state index < -0.39 is 43.0 Å². The van der Waals surface area contributed by atoms with Crippen molar-refractivity contribution in [2.45, 2.75) is 12.4 Å². The maximum absolute atomic E-state index is 12.3. The first-order valence-corrected chi connectivity index (χ1v) is 7.91. The maximum atomic E-state index is 12.3. The Morgan fingerprint density at radius 3 is 2.07 bits per heavy atom. The summed E-state index contributed by atoms with van der Waals surface area (Å²) < 4.78 is 84.5. The SMILES string of the molecule is Cn1cc(C=CC(=O)Nc2cc(OCC(F)(F)F)cc(OCC(F)(F)F)c2)cn1. The van der Waals surface area contributed by atoms with E-state index in [4.69, 9.17) is 0 Å². The van der Waals surface area contributed by atoms with Crippen molar-refractivity contribution in [3.8, 4) is 11.5 Å². The van der Waals surface area contributed by atoms with Crippen LogP contribution in [-0.2, 0) is 11.8 Å². The largest absolute Gasteiger partial charge is 0.484 e. The second-order valence-electron chi connectivity index (χ2n) is 5.77. The molecule has 2 aromatic rings. The van der Waals surface area contributed by atoms with Gasteiger partial charge in [0.2, 0.25) is 5.91 Å². The molecule has 158 valence electrons. The summed E-state index contributed by atoms with van der Waals surface area (Å²) >= 11 is 0. The molecule has 1 aromatic heterocycles. The predicted molar refractivity (Wildman–Crippen MR) is 90.4 cm³/mol. The van der Waals surface area contributed by atoms with Gasteiger partial charge in [-0.25, -0.2) is 0 Å². The summed E-state index contributed by atoms with van der Waals surface area (Å²) in [6.07, 6.45) is -3.65. The number of hydrogen-bond acceptors (Lipinski definition) is 4. The lowest BCUT2D eigenvalue weighted by molar-refractivity contribution is -0.153. The lowest BCUT2D eigenvalue weighted by Gasteiger charge is -2.14. The van der Waals surface area contributed by atoms with E-state index in [1.807, 2.05) is 0 Å². The standard InChI is InChI=1S/C17H15F6N3O3/c1-26-8-11(7-24-26)2-3-15(27)25-12-4-13(28-9-16(18,19)20)6-14(5-12)29-10-17(21,22)23/h2-8H,9-10H2,1H3,(H,25,27). The van der Waals surface area contributed by atoms with E-state index in [9.17, 15) is 31.1 Å². The van der Waals surface area contributed by atoms with Gasteiger partial charge in [0.15, 0.2) is 13.2 Å². The molecule has 0 radical (unpaired) electrons. The molecule has 0 spiro atoms. The van der Waals surface area contributed by atoms with Crippen LogP contribution >= 0.6 is 0 Å². The molecule has 1 N–H and O–H groups in total. The van der Waals surface area contributed by atoms with Crippen molar-refractivity contribution in [2.75, 3.05) is 18.5 Å². The lowest BCUT2D eigenvalue weighted by Crippen LogP contribution is -2.20. The number of carbonyl (C=O) groups excluding carboxylic acids is 1. The number of aromatic nitrogens is 2. The molecule has 0 fully saturated rings. The second kappa shape index (κ2) is 8.88. The number of nitrogens with one attached hydrogen (secondary N) is 1. The van der Waals surface area contributed by atoms with Gasteiger partial charge >= 0.3 is 12.4 Å². The number of hydrogen-bond donors (Lipinski definition) is 1. The van der Waals surface area contributed by atoms with Crippen molar-refractivity contribution in [1.82, 2.24) is 9.78 Å². The Labute approximate surface area is 160 Å². The number of ether oxygens (including phenoxy) is 2. The molecule has 2 rings (SSSR count). The van der Waals surface area contributed by atoms with Gasteiger partial charge in [0.05, 0.1) is 6.20 Å². The van der Waals surface area contributed by atoms with Gasteiger partial charge in [-0.05, 0) is 6.08 Å². The Kier molecular flexibility index (Phi) is 6.77. The first-order chi connectivity index (χ1) is 13.4. The van der Waals surface area contributed by atoms with E-state index in [0.717, 1.165) is 24.3 Å². The zero-order valence-electron chi connectivity index (χ0n) is 14.8. The number of anilines is 1. The van der Waals surface area contributed by atoms with Gasteiger partial charge < -0.3 is 14.8 Å². The highest BCUT2D eigenvalue weighted by atomic mass is 19.4. The van der Waals surface area contributed by atoms with Crippen molar-refractivity contribution in [1.29, 1.82) is 0 Å². The van der Waals surface area contributed by atoms with E-state index in [1.54, 1.807) is 13.2 Å². The third kappa shape index (κ3) is 8.58. The van der Waals surface area contributed by atoms with Crippen molar-refractivity contribution in [3.05, 3.63) is 42.2 Å². The van der Waals surface area contributed by atoms with Gasteiger partial charge in [-0.15, -0.1) is 0 Å². The molecule has 0 unspecified atom stereocenters. The van der Waals surface area contributed by atoms with Crippen LogP contribution in [-0.4, -0.2) is 41.3 Å². The van der Waals surface area contributed by atoms with Crippen molar-refractivity contribution < 1.29 is 40.6 Å². The molecule has 6 nitrogen and oxygen atoms in total. The maximum Gasteiger partial charge on any atom is 0.422 e. The van der Waals surface area contributed by atoms with Gasteiger partial charge in [-0.1, -0.05) is 0 Å². The number of benzene rings is 1. The predicted octanol–water partition coefficient (Wildman–Crippen LogP) is 3.95. The minimum Gasteiger partial charge on any atom is -0.484 e. The normalized spacial score (nSPS) is 12.2. The Morgan fingerprint density at radius 2 is 1.62 bits per heavy atom. The van der Waals surface area contributed by atoms with E-state index in [-0.39, 0.29) is 5.69 Å². The summed E-state index contributed by atoms with van der Waals surface area (Å²) in [5, 5.41) is 6.22. The lowest BCUT2D eigenvalue weighted by atomic mass is 10.2. The molecule has 0 saturated carbocycles. The smallest absolute Gasteiger partial charge is 0.422 e. The van der Waals surface area contributed by atoms with Crippen LogP contribution in [0.2, 0.25) is 0 Å². The number of halogens is 6. The molecule has 0 saturated heterocycles. The minimum absolute atomic E-state index is 0.109. The van der Waals surface area contributed by atoms with Crippen LogP contribution in [0.15, 0.2) is 36.7 Å². The first kappa shape index (κ1) is 22.1. The van der Waals surface area contributed by atoms with Gasteiger partial charge in [0, 0.05) is 48.8 Å². The number of nitrogens with zero attached hydrogens (tertiary/aromatic N) is 2. The Morgan fingerprint density at radius 1 is 1.07 bits per heavy atom. The van der Waals surface area contributed by atoms with Crippen LogP contribution in [0, 0.1) is 0 Å². The summed E-state index contributed by atoms with van der Waals surface area (Å²) in [4.78, 5) is 12.0. The average Bonchev–Trinajstić information content (AvgIpc) is 3.00. The Bertz CT molecular complexity index is 838. The van der Waals surface area contributed by atoms with Crippen LogP contribution in [0.1, 0.15) is 5.56 Å². The van der Waals surface area contributed by atoms with Gasteiger partial charge in [0.25, 0.3) is 0 Å². The first-order valence-electron chi connectivity index (χ1n) is 7.91. The molecular formula is C17H15F6N3O3. The van der Waals surface area contributed by atoms with E-state index >= 15 is 0 Å². The second-order valence-corrected chi connectivity index (χ2v) is 5.77. The van der Waals surface area contributed by atoms with Gasteiger partial charge in [-0.3, -0.25) is 9.48 Å². The van der Waals surface area contributed by atoms with Gasteiger partial charge in [-0.2, -0.15) is 31.4 Å². The topological polar surface area (TPSA) is 65.4 Å². The average molecular weight is 423 g/mol. The van der Waals surface area contributed by atoms with Crippen LogP contribution in [0.5, 0.6) is 11.5 Å². The highest BCUT2D eigenvalue weighted by molar-refractivity contribution is 6.02. The zero-order valence-corrected chi connectivity index (χ0v) is 14.8. The molecule has 1 amide bonds. The fourth-order valence-electron chi connectivity index (χ4n) is 2.02. The monoisotopic (exact) mass is 423 g/mol. The molecular weight excluding hydrogens is 408 g/mol. The van der Waals surface area contributed by atoms with Crippen molar-refractivity contribution in [2.24, 2.45) is 7.05 Å². The summed E-state index contributed by atoms with van der Waals surface area (Å²) in [7, 11) is 1.67. The highest BCUT2D eigenvalue weighted by Gasteiger charge is 2.30. The molecule has 0 aliphatic heterocycles. The Hall–Kier alpha value is -3.18. The number of amides is 1. The molecule has 0 atom stereocenters. The van der Waals surface area contributed by atoms with Crippen molar-refractivity contribution >= 4 is 17.7 Å². The van der Waals surface area contributed by atoms with Crippen LogP contribution < -0.4 is 14.8 Å². The van der Waals surface area contributed by atoms with E-state index in [2.05, 4.69) is 19.9 Å². The molecule has 0 bridgehead atoms. The summed E-state index contributed by atoms with van der Waals surface area (Å²) in [5.74, 6) is -1.52. The number of alkyl halides is 6. The Balaban J connectivity index is 2.14. The minimum atomic E-state index is -4.65. The van der Waals surface area contributed by atoms with Crippen LogP contribution in [0.25, 0.3) is 6.08 Å². The molecule has 12 heteroatoms. The van der Waals surface area contributed by atoms with Gasteiger partial charge in [0.1, 0.15) is 11.5 Å². The molecule has 0 aliphatic carbocycles. The third-order valence-corrected chi connectivity index (χ3v) is 3.10. The zero-order chi connectivity index (χ0) is 21.7. The number of carbonyl (C=O) groups is 1. The molecule has 1 aromatic carbocycles. The van der Waals surface area contributed by atoms with E-state index in [1.165, 1.54) is 17.0 Å². The van der Waals surface area contributed by atoms with E-state index in [0.29, 0.717) is 5.56 Å². The van der Waals surface area contributed by atoms with Crippen LogP contribution in [0.3, 0.4) is 0 Å². The summed E-state index contributed by atoms with van der Waals surface area (Å²) in [6.45, 7) is -3.33. The fraction of sp³-hybridized carbons (Fsp3) is 0.294. The quantitative estimate of drug-likeness (QED) is 0.541. The van der Waals surface area contributed by atoms with Crippen molar-refractivity contribution in [3.63, 3.8) is 0 Å².